The SMILES string of the molecule is CCC(C)(C)c1ccc(OCCCC[n+]2ccc(-c3cc[n+](CCCCOc4ccc(C(C)(C)CC)cc4C(C)(C)CC)cc3)cc2)c(C(C)(C)CC)c1.[Br-].[Br-]. The second-order valence-electron chi connectivity index (χ2n) is 18.1. The molecule has 4 nitrogen and oxygen atoms in total. The molecule has 0 bridgehead atoms. The molecule has 56 heavy (non-hydrogen) atoms. The summed E-state index contributed by atoms with van der Waals surface area (Å²) in [7, 11) is 0. The van der Waals surface area contributed by atoms with E-state index in [1.165, 1.54) is 33.4 Å². The van der Waals surface area contributed by atoms with Crippen LogP contribution in [-0.4, -0.2) is 13.2 Å². The third-order valence-corrected chi connectivity index (χ3v) is 12.8. The lowest BCUT2D eigenvalue weighted by Crippen LogP contribution is -3.00. The smallest absolute Gasteiger partial charge is 0.169 e. The minimum atomic E-state index is 0. The van der Waals surface area contributed by atoms with Gasteiger partial charge in [-0.15, -0.1) is 0 Å². The van der Waals surface area contributed by atoms with Crippen molar-refractivity contribution in [2.24, 2.45) is 0 Å². The van der Waals surface area contributed by atoms with Crippen LogP contribution in [0.3, 0.4) is 0 Å². The predicted octanol–water partition coefficient (Wildman–Crippen LogP) is 6.41. The maximum atomic E-state index is 6.42. The lowest BCUT2D eigenvalue weighted by Gasteiger charge is -2.30. The van der Waals surface area contributed by atoms with Gasteiger partial charge in [-0.05, 0) is 94.6 Å². The van der Waals surface area contributed by atoms with Crippen LogP contribution in [0.1, 0.15) is 157 Å². The van der Waals surface area contributed by atoms with E-state index in [2.05, 4.69) is 178 Å². The van der Waals surface area contributed by atoms with Crippen LogP contribution in [0.4, 0.5) is 0 Å². The zero-order valence-corrected chi connectivity index (χ0v) is 40.2. The highest BCUT2D eigenvalue weighted by Crippen LogP contribution is 2.40. The Labute approximate surface area is 363 Å². The highest BCUT2D eigenvalue weighted by Gasteiger charge is 2.28. The number of nitrogens with zero attached hydrogens (tertiary/aromatic N) is 2. The van der Waals surface area contributed by atoms with Gasteiger partial charge in [0.1, 0.15) is 24.6 Å². The summed E-state index contributed by atoms with van der Waals surface area (Å²) in [5.41, 5.74) is 8.46. The molecule has 0 radical (unpaired) electrons. The van der Waals surface area contributed by atoms with Crippen molar-refractivity contribution in [3.8, 4) is 22.6 Å². The van der Waals surface area contributed by atoms with E-state index in [1.807, 2.05) is 0 Å². The molecule has 2 aromatic heterocycles. The highest BCUT2D eigenvalue weighted by molar-refractivity contribution is 5.61. The molecule has 0 amide bonds. The minimum Gasteiger partial charge on any atom is -1.00 e. The molecule has 0 aliphatic rings. The number of aryl methyl sites for hydroxylation is 2. The molecule has 0 atom stereocenters. The summed E-state index contributed by atoms with van der Waals surface area (Å²) in [6, 6.07) is 22.7. The van der Waals surface area contributed by atoms with Crippen molar-refractivity contribution in [3.05, 3.63) is 108 Å². The molecule has 0 saturated carbocycles. The first-order chi connectivity index (χ1) is 25.6. The number of aromatic nitrogens is 2. The van der Waals surface area contributed by atoms with E-state index in [9.17, 15) is 0 Å². The highest BCUT2D eigenvalue weighted by atomic mass is 79.9. The largest absolute Gasteiger partial charge is 1.00 e. The Morgan fingerprint density at radius 2 is 0.750 bits per heavy atom. The summed E-state index contributed by atoms with van der Waals surface area (Å²) >= 11 is 0. The molecule has 4 aromatic rings. The number of hydrogen-bond donors (Lipinski definition) is 0. The Kier molecular flexibility index (Phi) is 19.3. The average molecular weight is 895 g/mol. The molecule has 0 spiro atoms. The fraction of sp³-hybridized carbons (Fsp3) is 0.560. The van der Waals surface area contributed by atoms with Crippen molar-refractivity contribution in [1.29, 1.82) is 0 Å². The molecule has 6 heteroatoms. The summed E-state index contributed by atoms with van der Waals surface area (Å²) in [6.07, 6.45) is 17.4. The Balaban J connectivity index is 0.00000541. The zero-order chi connectivity index (χ0) is 39.6. The molecular weight excluding hydrogens is 820 g/mol. The van der Waals surface area contributed by atoms with E-state index in [4.69, 9.17) is 9.47 Å². The number of rotatable bonds is 21. The topological polar surface area (TPSA) is 26.2 Å². The zero-order valence-electron chi connectivity index (χ0n) is 37.0. The van der Waals surface area contributed by atoms with E-state index >= 15 is 0 Å². The average Bonchev–Trinajstić information content (AvgIpc) is 3.18. The van der Waals surface area contributed by atoms with E-state index in [1.54, 1.807) is 0 Å². The van der Waals surface area contributed by atoms with Crippen LogP contribution in [0.25, 0.3) is 11.1 Å². The molecule has 0 saturated heterocycles. The van der Waals surface area contributed by atoms with Crippen molar-refractivity contribution >= 4 is 0 Å². The molecule has 310 valence electrons. The van der Waals surface area contributed by atoms with Crippen molar-refractivity contribution in [2.45, 2.75) is 169 Å². The molecule has 0 fully saturated rings. The van der Waals surface area contributed by atoms with Crippen LogP contribution in [0.5, 0.6) is 11.5 Å². The Hall–Kier alpha value is -2.70. The predicted molar refractivity (Wildman–Crippen MR) is 228 cm³/mol. The standard InChI is InChI=1S/C50H74N2O2.2BrH/c1-13-47(5,6)41-21-23-45(43(37-41)49(9,10)15-3)53-35-19-17-29-51-31-25-39(26-32-51)40-27-33-52(34-28-40)30-18-20-36-54-46-24-22-42(48(7,8)14-2)38-44(46)50(11,12)16-4;;/h21-28,31-34,37-38H,13-20,29-30,35-36H2,1-12H3;2*1H/q+2;;/p-2. The lowest BCUT2D eigenvalue weighted by atomic mass is 9.76. The van der Waals surface area contributed by atoms with Crippen molar-refractivity contribution in [1.82, 2.24) is 0 Å². The maximum Gasteiger partial charge on any atom is 0.169 e. The number of hydrogen-bond acceptors (Lipinski definition) is 2. The maximum absolute atomic E-state index is 6.42. The number of benzene rings is 2. The van der Waals surface area contributed by atoms with Gasteiger partial charge in [0.05, 0.1) is 13.2 Å². The Bertz CT molecular complexity index is 1630. The monoisotopic (exact) mass is 892 g/mol. The Morgan fingerprint density at radius 3 is 1.05 bits per heavy atom. The van der Waals surface area contributed by atoms with E-state index in [0.717, 1.165) is 89.2 Å². The first-order valence-electron chi connectivity index (χ1n) is 21.1. The van der Waals surface area contributed by atoms with Gasteiger partial charge in [-0.3, -0.25) is 0 Å². The van der Waals surface area contributed by atoms with Crippen LogP contribution < -0.4 is 52.6 Å². The van der Waals surface area contributed by atoms with Crippen LogP contribution >= 0.6 is 0 Å². The fourth-order valence-corrected chi connectivity index (χ4v) is 6.76. The molecule has 0 aliphatic carbocycles. The molecule has 0 unspecified atom stereocenters. The molecule has 2 heterocycles. The number of unbranched alkanes of at least 4 members (excludes halogenated alkanes) is 2. The summed E-state index contributed by atoms with van der Waals surface area (Å²) in [4.78, 5) is 0. The van der Waals surface area contributed by atoms with Crippen molar-refractivity contribution in [2.75, 3.05) is 13.2 Å². The quantitative estimate of drug-likeness (QED) is 0.0716. The third kappa shape index (κ3) is 13.2. The van der Waals surface area contributed by atoms with Crippen LogP contribution in [0.15, 0.2) is 85.5 Å². The van der Waals surface area contributed by atoms with Gasteiger partial charge in [0.25, 0.3) is 0 Å². The van der Waals surface area contributed by atoms with Gasteiger partial charge in [-0.25, -0.2) is 9.13 Å². The van der Waals surface area contributed by atoms with Crippen LogP contribution in [0.2, 0.25) is 0 Å². The molecule has 0 aliphatic heterocycles. The van der Waals surface area contributed by atoms with Gasteiger partial charge in [0, 0.05) is 48.2 Å². The number of pyridine rings is 2. The lowest BCUT2D eigenvalue weighted by molar-refractivity contribution is -0.697. The van der Waals surface area contributed by atoms with E-state index < -0.39 is 0 Å². The van der Waals surface area contributed by atoms with E-state index in [0.29, 0.717) is 0 Å². The van der Waals surface area contributed by atoms with Gasteiger partial charge in [-0.1, -0.05) is 107 Å². The Morgan fingerprint density at radius 1 is 0.429 bits per heavy atom. The first kappa shape index (κ1) is 49.4. The van der Waals surface area contributed by atoms with Crippen LogP contribution in [-0.2, 0) is 34.7 Å². The summed E-state index contributed by atoms with van der Waals surface area (Å²) in [5.74, 6) is 2.09. The number of ether oxygens (including phenoxy) is 2. The second kappa shape index (κ2) is 21.9. The third-order valence-electron chi connectivity index (χ3n) is 12.8. The van der Waals surface area contributed by atoms with Gasteiger partial charge in [-0.2, -0.15) is 0 Å². The fourth-order valence-electron chi connectivity index (χ4n) is 6.76. The summed E-state index contributed by atoms with van der Waals surface area (Å²) in [5, 5.41) is 0. The molecule has 0 N–H and O–H groups in total. The number of halogens is 2. The molecular formula is C50H74Br2N2O2. The normalized spacial score (nSPS) is 12.1. The van der Waals surface area contributed by atoms with Crippen LogP contribution in [0, 0.1) is 0 Å². The van der Waals surface area contributed by atoms with Gasteiger partial charge in [0.15, 0.2) is 24.8 Å². The van der Waals surface area contributed by atoms with Gasteiger partial charge < -0.3 is 43.4 Å². The summed E-state index contributed by atoms with van der Waals surface area (Å²) < 4.78 is 17.4. The molecule has 2 aromatic carbocycles. The van der Waals surface area contributed by atoms with E-state index in [-0.39, 0.29) is 55.6 Å². The summed E-state index contributed by atoms with van der Waals surface area (Å²) in [6.45, 7) is 31.2. The second-order valence-corrected chi connectivity index (χ2v) is 18.1. The molecule has 4 rings (SSSR count). The minimum absolute atomic E-state index is 0. The van der Waals surface area contributed by atoms with Crippen molar-refractivity contribution < 1.29 is 52.6 Å². The first-order valence-corrected chi connectivity index (χ1v) is 21.1. The van der Waals surface area contributed by atoms with Crippen molar-refractivity contribution in [3.63, 3.8) is 0 Å². The van der Waals surface area contributed by atoms with Gasteiger partial charge >= 0.3 is 0 Å². The van der Waals surface area contributed by atoms with Gasteiger partial charge in [0.2, 0.25) is 0 Å².